The molecule has 0 aromatic heterocycles. The lowest BCUT2D eigenvalue weighted by Crippen LogP contribution is -2.60. The maximum atomic E-state index is 6.27. The average Bonchev–Trinajstić information content (AvgIpc) is 2.42. The molecule has 0 bridgehead atoms. The Labute approximate surface area is 122 Å². The molecule has 1 fully saturated rings. The van der Waals surface area contributed by atoms with E-state index in [0.717, 1.165) is 25.2 Å². The van der Waals surface area contributed by atoms with E-state index in [1.165, 1.54) is 16.7 Å². The first-order chi connectivity index (χ1) is 9.58. The number of nitrogens with one attached hydrogen (secondary N) is 1. The van der Waals surface area contributed by atoms with E-state index < -0.39 is 0 Å². The van der Waals surface area contributed by atoms with E-state index in [-0.39, 0.29) is 12.2 Å². The van der Waals surface area contributed by atoms with Crippen LogP contribution in [0.1, 0.15) is 36.5 Å². The molecule has 3 unspecified atom stereocenters. The second-order valence-corrected chi connectivity index (χ2v) is 5.78. The summed E-state index contributed by atoms with van der Waals surface area (Å²) in [6, 6.07) is 4.70. The number of likely N-dealkylation sites (N-methyl/N-ethyl adjacent to an activating group) is 1. The van der Waals surface area contributed by atoms with Gasteiger partial charge >= 0.3 is 0 Å². The first-order valence-electron chi connectivity index (χ1n) is 7.60. The standard InChI is InChI=1S/C17H27NO2/c1-6-9-19-17-14(18-5)10-15(17)20-16-12(3)8-7-11(2)13(16)4/h7-8,14-15,17-18H,6,9-10H2,1-5H3. The van der Waals surface area contributed by atoms with Gasteiger partial charge in [-0.1, -0.05) is 19.1 Å². The molecule has 1 aliphatic rings. The highest BCUT2D eigenvalue weighted by Crippen LogP contribution is 2.33. The molecule has 1 saturated carbocycles. The van der Waals surface area contributed by atoms with Crippen molar-refractivity contribution in [2.75, 3.05) is 13.7 Å². The molecule has 0 amide bonds. The lowest BCUT2D eigenvalue weighted by molar-refractivity contribution is -0.106. The molecule has 1 aromatic rings. The lowest BCUT2D eigenvalue weighted by Gasteiger charge is -2.44. The molecule has 2 rings (SSSR count). The molecule has 20 heavy (non-hydrogen) atoms. The number of ether oxygens (including phenoxy) is 2. The van der Waals surface area contributed by atoms with E-state index >= 15 is 0 Å². The van der Waals surface area contributed by atoms with Gasteiger partial charge < -0.3 is 14.8 Å². The molecule has 1 aromatic carbocycles. The summed E-state index contributed by atoms with van der Waals surface area (Å²) in [4.78, 5) is 0. The Hall–Kier alpha value is -1.06. The summed E-state index contributed by atoms with van der Waals surface area (Å²) in [5.74, 6) is 1.04. The summed E-state index contributed by atoms with van der Waals surface area (Å²) in [7, 11) is 1.99. The first-order valence-corrected chi connectivity index (χ1v) is 7.60. The van der Waals surface area contributed by atoms with Crippen molar-refractivity contribution >= 4 is 0 Å². The maximum Gasteiger partial charge on any atom is 0.128 e. The number of benzene rings is 1. The van der Waals surface area contributed by atoms with Crippen LogP contribution in [0.4, 0.5) is 0 Å². The van der Waals surface area contributed by atoms with Crippen molar-refractivity contribution in [2.45, 2.75) is 58.8 Å². The predicted octanol–water partition coefficient (Wildman–Crippen LogP) is 3.15. The molecule has 0 radical (unpaired) electrons. The normalized spacial score (nSPS) is 25.4. The highest BCUT2D eigenvalue weighted by Gasteiger charge is 2.43. The number of hydrogen-bond donors (Lipinski definition) is 1. The van der Waals surface area contributed by atoms with Crippen molar-refractivity contribution in [3.05, 3.63) is 28.8 Å². The first kappa shape index (κ1) is 15.3. The quantitative estimate of drug-likeness (QED) is 0.866. The summed E-state index contributed by atoms with van der Waals surface area (Å²) >= 11 is 0. The van der Waals surface area contributed by atoms with Crippen LogP contribution in [0.2, 0.25) is 0 Å². The predicted molar refractivity (Wildman–Crippen MR) is 82.6 cm³/mol. The Morgan fingerprint density at radius 1 is 1.20 bits per heavy atom. The third kappa shape index (κ3) is 2.99. The fourth-order valence-electron chi connectivity index (χ4n) is 2.71. The van der Waals surface area contributed by atoms with E-state index in [9.17, 15) is 0 Å². The molecule has 0 spiro atoms. The number of aryl methyl sites for hydroxylation is 2. The molecule has 112 valence electrons. The summed E-state index contributed by atoms with van der Waals surface area (Å²) < 4.78 is 12.2. The largest absolute Gasteiger partial charge is 0.487 e. The minimum atomic E-state index is 0.165. The van der Waals surface area contributed by atoms with Crippen molar-refractivity contribution in [1.29, 1.82) is 0 Å². The van der Waals surface area contributed by atoms with E-state index in [2.05, 4.69) is 45.1 Å². The minimum absolute atomic E-state index is 0.165. The van der Waals surface area contributed by atoms with Crippen LogP contribution >= 0.6 is 0 Å². The minimum Gasteiger partial charge on any atom is -0.487 e. The third-order valence-electron chi connectivity index (χ3n) is 4.28. The molecule has 1 N–H and O–H groups in total. The highest BCUT2D eigenvalue weighted by atomic mass is 16.5. The zero-order chi connectivity index (χ0) is 14.7. The molecule has 3 nitrogen and oxygen atoms in total. The Kier molecular flexibility index (Phi) is 5.06. The van der Waals surface area contributed by atoms with Crippen LogP contribution in [0, 0.1) is 20.8 Å². The Morgan fingerprint density at radius 3 is 2.55 bits per heavy atom. The van der Waals surface area contributed by atoms with Crippen LogP contribution < -0.4 is 10.1 Å². The maximum absolute atomic E-state index is 6.27. The van der Waals surface area contributed by atoms with Gasteiger partial charge in [0.15, 0.2) is 0 Å². The Bertz CT molecular complexity index is 459. The third-order valence-corrected chi connectivity index (χ3v) is 4.28. The van der Waals surface area contributed by atoms with Gasteiger partial charge in [0, 0.05) is 19.1 Å². The molecule has 1 aliphatic carbocycles. The van der Waals surface area contributed by atoms with Gasteiger partial charge in [0.1, 0.15) is 18.0 Å². The van der Waals surface area contributed by atoms with Crippen molar-refractivity contribution in [2.24, 2.45) is 0 Å². The second kappa shape index (κ2) is 6.59. The molecule has 0 saturated heterocycles. The van der Waals surface area contributed by atoms with Gasteiger partial charge in [-0.25, -0.2) is 0 Å². The fourth-order valence-corrected chi connectivity index (χ4v) is 2.71. The van der Waals surface area contributed by atoms with Crippen LogP contribution in [-0.2, 0) is 4.74 Å². The Morgan fingerprint density at radius 2 is 1.90 bits per heavy atom. The Balaban J connectivity index is 2.08. The molecular formula is C17H27NO2. The van der Waals surface area contributed by atoms with Crippen molar-refractivity contribution < 1.29 is 9.47 Å². The van der Waals surface area contributed by atoms with E-state index in [1.54, 1.807) is 0 Å². The summed E-state index contributed by atoms with van der Waals surface area (Å²) in [6.07, 6.45) is 2.39. The van der Waals surface area contributed by atoms with Crippen molar-refractivity contribution in [1.82, 2.24) is 5.32 Å². The highest BCUT2D eigenvalue weighted by molar-refractivity contribution is 5.44. The van der Waals surface area contributed by atoms with Crippen molar-refractivity contribution in [3.63, 3.8) is 0 Å². The molecular weight excluding hydrogens is 250 g/mol. The van der Waals surface area contributed by atoms with Gasteiger partial charge in [-0.3, -0.25) is 0 Å². The zero-order valence-corrected chi connectivity index (χ0v) is 13.3. The topological polar surface area (TPSA) is 30.5 Å². The smallest absolute Gasteiger partial charge is 0.128 e. The van der Waals surface area contributed by atoms with Gasteiger partial charge in [-0.05, 0) is 50.9 Å². The molecule has 0 aliphatic heterocycles. The molecule has 0 heterocycles. The molecule has 3 atom stereocenters. The van der Waals surface area contributed by atoms with E-state index in [4.69, 9.17) is 9.47 Å². The zero-order valence-electron chi connectivity index (χ0n) is 13.3. The van der Waals surface area contributed by atoms with Crippen LogP contribution in [0.25, 0.3) is 0 Å². The summed E-state index contributed by atoms with van der Waals surface area (Å²) in [5, 5.41) is 3.31. The summed E-state index contributed by atoms with van der Waals surface area (Å²) in [6.45, 7) is 9.31. The van der Waals surface area contributed by atoms with Crippen LogP contribution in [0.15, 0.2) is 12.1 Å². The number of rotatable bonds is 6. The van der Waals surface area contributed by atoms with Gasteiger partial charge in [-0.15, -0.1) is 0 Å². The average molecular weight is 277 g/mol. The van der Waals surface area contributed by atoms with Gasteiger partial charge in [-0.2, -0.15) is 0 Å². The van der Waals surface area contributed by atoms with Crippen molar-refractivity contribution in [3.8, 4) is 5.75 Å². The van der Waals surface area contributed by atoms with Crippen LogP contribution in [-0.4, -0.2) is 31.9 Å². The van der Waals surface area contributed by atoms with E-state index in [0.29, 0.717) is 6.04 Å². The van der Waals surface area contributed by atoms with E-state index in [1.807, 2.05) is 7.05 Å². The monoisotopic (exact) mass is 277 g/mol. The SMILES string of the molecule is CCCOC1C(NC)CC1Oc1c(C)ccc(C)c1C. The van der Waals surface area contributed by atoms with Gasteiger partial charge in [0.05, 0.1) is 0 Å². The van der Waals surface area contributed by atoms with Gasteiger partial charge in [0.25, 0.3) is 0 Å². The fraction of sp³-hybridized carbons (Fsp3) is 0.647. The van der Waals surface area contributed by atoms with Crippen LogP contribution in [0.5, 0.6) is 5.75 Å². The second-order valence-electron chi connectivity index (χ2n) is 5.78. The lowest BCUT2D eigenvalue weighted by atomic mass is 9.85. The van der Waals surface area contributed by atoms with Gasteiger partial charge in [0.2, 0.25) is 0 Å². The number of hydrogen-bond acceptors (Lipinski definition) is 3. The van der Waals surface area contributed by atoms with Crippen LogP contribution in [0.3, 0.4) is 0 Å². The molecule has 3 heteroatoms. The summed E-state index contributed by atoms with van der Waals surface area (Å²) in [5.41, 5.74) is 3.73.